The molecule has 0 saturated heterocycles. The molecule has 2 rings (SSSR count). The summed E-state index contributed by atoms with van der Waals surface area (Å²) in [5.74, 6) is 0. The Kier molecular flexibility index (Phi) is 3.37. The van der Waals surface area contributed by atoms with Crippen molar-refractivity contribution in [3.8, 4) is 0 Å². The molecule has 0 spiro atoms. The highest BCUT2D eigenvalue weighted by Gasteiger charge is 2.13. The highest BCUT2D eigenvalue weighted by atomic mass is 127. The first-order valence-electron chi connectivity index (χ1n) is 4.75. The molecule has 1 heterocycles. The van der Waals surface area contributed by atoms with Gasteiger partial charge in [-0.1, -0.05) is 18.2 Å². The van der Waals surface area contributed by atoms with E-state index in [1.165, 1.54) is 9.13 Å². The summed E-state index contributed by atoms with van der Waals surface area (Å²) in [4.78, 5) is 4.05. The smallest absolute Gasteiger partial charge is 0.0952 e. The molecule has 1 atom stereocenters. The predicted molar refractivity (Wildman–Crippen MR) is 68.6 cm³/mol. The molecule has 0 bridgehead atoms. The molecule has 0 saturated carbocycles. The zero-order chi connectivity index (χ0) is 10.7. The van der Waals surface area contributed by atoms with Gasteiger partial charge in [-0.3, -0.25) is 0 Å². The summed E-state index contributed by atoms with van der Waals surface area (Å²) < 4.78 is 3.27. The van der Waals surface area contributed by atoms with Crippen LogP contribution in [0.3, 0.4) is 0 Å². The van der Waals surface area contributed by atoms with E-state index in [0.29, 0.717) is 6.54 Å². The average molecular weight is 313 g/mol. The molecule has 2 N–H and O–H groups in total. The number of hydrogen-bond acceptors (Lipinski definition) is 2. The van der Waals surface area contributed by atoms with Crippen LogP contribution in [-0.2, 0) is 0 Å². The van der Waals surface area contributed by atoms with Gasteiger partial charge in [0.15, 0.2) is 0 Å². The van der Waals surface area contributed by atoms with Crippen LogP contribution in [0.2, 0.25) is 0 Å². The minimum absolute atomic E-state index is 0.181. The number of halogens is 1. The first kappa shape index (κ1) is 10.6. The van der Waals surface area contributed by atoms with Gasteiger partial charge in [0.05, 0.1) is 12.4 Å². The van der Waals surface area contributed by atoms with Crippen molar-refractivity contribution in [2.45, 2.75) is 6.04 Å². The molecule has 15 heavy (non-hydrogen) atoms. The van der Waals surface area contributed by atoms with E-state index in [2.05, 4.69) is 39.7 Å². The second kappa shape index (κ2) is 4.76. The molecular formula is C11H12IN3. The third kappa shape index (κ3) is 2.21. The number of hydrogen-bond donors (Lipinski definition) is 1. The lowest BCUT2D eigenvalue weighted by Crippen LogP contribution is -2.20. The summed E-state index contributed by atoms with van der Waals surface area (Å²) in [7, 11) is 0. The quantitative estimate of drug-likeness (QED) is 0.881. The molecule has 3 nitrogen and oxygen atoms in total. The zero-order valence-electron chi connectivity index (χ0n) is 8.18. The fraction of sp³-hybridized carbons (Fsp3) is 0.182. The monoisotopic (exact) mass is 313 g/mol. The Labute approximate surface area is 102 Å². The first-order valence-corrected chi connectivity index (χ1v) is 5.82. The first-order chi connectivity index (χ1) is 7.33. The lowest BCUT2D eigenvalue weighted by Gasteiger charge is -2.18. The van der Waals surface area contributed by atoms with Gasteiger partial charge in [-0.2, -0.15) is 0 Å². The standard InChI is InChI=1S/C11H12IN3/c12-10-4-2-1-3-9(10)11(7-13)15-6-5-14-8-15/h1-6,8,11H,7,13H2. The lowest BCUT2D eigenvalue weighted by atomic mass is 10.1. The number of imidazole rings is 1. The van der Waals surface area contributed by atoms with Crippen LogP contribution in [0.1, 0.15) is 11.6 Å². The minimum Gasteiger partial charge on any atom is -0.329 e. The molecule has 1 aromatic heterocycles. The van der Waals surface area contributed by atoms with Crippen molar-refractivity contribution in [1.29, 1.82) is 0 Å². The van der Waals surface area contributed by atoms with E-state index in [4.69, 9.17) is 5.73 Å². The van der Waals surface area contributed by atoms with Gasteiger partial charge in [0.1, 0.15) is 0 Å². The summed E-state index contributed by atoms with van der Waals surface area (Å²) >= 11 is 2.33. The molecule has 2 aromatic rings. The van der Waals surface area contributed by atoms with Crippen LogP contribution in [0.5, 0.6) is 0 Å². The summed E-state index contributed by atoms with van der Waals surface area (Å²) in [5.41, 5.74) is 7.06. The van der Waals surface area contributed by atoms with Crippen LogP contribution >= 0.6 is 22.6 Å². The van der Waals surface area contributed by atoms with E-state index in [0.717, 1.165) is 0 Å². The maximum atomic E-state index is 5.81. The largest absolute Gasteiger partial charge is 0.329 e. The normalized spacial score (nSPS) is 12.7. The highest BCUT2D eigenvalue weighted by molar-refractivity contribution is 14.1. The maximum Gasteiger partial charge on any atom is 0.0952 e. The van der Waals surface area contributed by atoms with E-state index in [9.17, 15) is 0 Å². The Morgan fingerprint density at radius 2 is 2.20 bits per heavy atom. The number of rotatable bonds is 3. The number of aromatic nitrogens is 2. The van der Waals surface area contributed by atoms with E-state index in [-0.39, 0.29) is 6.04 Å². The van der Waals surface area contributed by atoms with Crippen molar-refractivity contribution in [3.05, 3.63) is 52.1 Å². The Bertz CT molecular complexity index is 425. The molecular weight excluding hydrogens is 301 g/mol. The maximum absolute atomic E-state index is 5.81. The van der Waals surface area contributed by atoms with Crippen molar-refractivity contribution in [2.75, 3.05) is 6.54 Å². The summed E-state index contributed by atoms with van der Waals surface area (Å²) in [6.07, 6.45) is 5.53. The van der Waals surface area contributed by atoms with Gasteiger partial charge in [-0.25, -0.2) is 4.98 Å². The fourth-order valence-electron chi connectivity index (χ4n) is 1.61. The van der Waals surface area contributed by atoms with Crippen molar-refractivity contribution < 1.29 is 0 Å². The predicted octanol–water partition coefficient (Wildman–Crippen LogP) is 2.04. The molecule has 1 aromatic carbocycles. The van der Waals surface area contributed by atoms with Crippen LogP contribution in [0.25, 0.3) is 0 Å². The van der Waals surface area contributed by atoms with Gasteiger partial charge in [0.2, 0.25) is 0 Å². The number of nitrogens with zero attached hydrogens (tertiary/aromatic N) is 2. The van der Waals surface area contributed by atoms with Crippen LogP contribution < -0.4 is 5.73 Å². The molecule has 0 aliphatic heterocycles. The molecule has 0 amide bonds. The van der Waals surface area contributed by atoms with E-state index in [1.54, 1.807) is 12.5 Å². The molecule has 78 valence electrons. The highest BCUT2D eigenvalue weighted by Crippen LogP contribution is 2.22. The zero-order valence-corrected chi connectivity index (χ0v) is 10.3. The molecule has 0 radical (unpaired) electrons. The van der Waals surface area contributed by atoms with Crippen molar-refractivity contribution in [2.24, 2.45) is 5.73 Å². The molecule has 1 unspecified atom stereocenters. The molecule has 0 fully saturated rings. The molecule has 4 heteroatoms. The van der Waals surface area contributed by atoms with E-state index < -0.39 is 0 Å². The second-order valence-corrected chi connectivity index (χ2v) is 4.45. The summed E-state index contributed by atoms with van der Waals surface area (Å²) in [5, 5.41) is 0. The molecule has 0 aliphatic rings. The van der Waals surface area contributed by atoms with Gasteiger partial charge in [0.25, 0.3) is 0 Å². The van der Waals surface area contributed by atoms with Crippen molar-refractivity contribution >= 4 is 22.6 Å². The summed E-state index contributed by atoms with van der Waals surface area (Å²) in [6, 6.07) is 8.46. The van der Waals surface area contributed by atoms with Gasteiger partial charge in [-0.15, -0.1) is 0 Å². The van der Waals surface area contributed by atoms with Crippen molar-refractivity contribution in [3.63, 3.8) is 0 Å². The molecule has 0 aliphatic carbocycles. The van der Waals surface area contributed by atoms with Gasteiger partial charge >= 0.3 is 0 Å². The van der Waals surface area contributed by atoms with Gasteiger partial charge in [-0.05, 0) is 34.2 Å². The minimum atomic E-state index is 0.181. The second-order valence-electron chi connectivity index (χ2n) is 3.28. The van der Waals surface area contributed by atoms with E-state index >= 15 is 0 Å². The Balaban J connectivity index is 2.40. The lowest BCUT2D eigenvalue weighted by molar-refractivity contribution is 0.591. The average Bonchev–Trinajstić information content (AvgIpc) is 2.75. The third-order valence-corrected chi connectivity index (χ3v) is 3.35. The van der Waals surface area contributed by atoms with Gasteiger partial charge in [0, 0.05) is 22.5 Å². The SMILES string of the molecule is NCC(c1ccccc1I)n1ccnc1. The number of nitrogens with two attached hydrogens (primary N) is 1. The topological polar surface area (TPSA) is 43.8 Å². The Morgan fingerprint density at radius 1 is 1.40 bits per heavy atom. The van der Waals surface area contributed by atoms with Crippen LogP contribution in [0, 0.1) is 3.57 Å². The van der Waals surface area contributed by atoms with Crippen LogP contribution in [0.4, 0.5) is 0 Å². The van der Waals surface area contributed by atoms with Gasteiger partial charge < -0.3 is 10.3 Å². The van der Waals surface area contributed by atoms with Crippen LogP contribution in [-0.4, -0.2) is 16.1 Å². The fourth-order valence-corrected chi connectivity index (χ4v) is 2.36. The van der Waals surface area contributed by atoms with Crippen molar-refractivity contribution in [1.82, 2.24) is 9.55 Å². The third-order valence-electron chi connectivity index (χ3n) is 2.37. The summed E-state index contributed by atoms with van der Waals surface area (Å²) in [6.45, 7) is 0.580. The van der Waals surface area contributed by atoms with Crippen LogP contribution in [0.15, 0.2) is 43.0 Å². The van der Waals surface area contributed by atoms with E-state index in [1.807, 2.05) is 22.9 Å². The Morgan fingerprint density at radius 3 is 2.80 bits per heavy atom. The Hall–Kier alpha value is -0.880. The number of benzene rings is 1.